The third-order valence-electron chi connectivity index (χ3n) is 2.44. The predicted molar refractivity (Wildman–Crippen MR) is 67.4 cm³/mol. The minimum atomic E-state index is 0.209. The fourth-order valence-corrected chi connectivity index (χ4v) is 1.74. The average Bonchev–Trinajstić information content (AvgIpc) is 2.84. The Morgan fingerprint density at radius 1 is 1.33 bits per heavy atom. The summed E-state index contributed by atoms with van der Waals surface area (Å²) in [6.45, 7) is 2.47. The zero-order valence-electron chi connectivity index (χ0n) is 10.0. The Morgan fingerprint density at radius 3 is 2.78 bits per heavy atom. The van der Waals surface area contributed by atoms with E-state index in [0.717, 1.165) is 5.56 Å². The Hall–Kier alpha value is -1.59. The summed E-state index contributed by atoms with van der Waals surface area (Å²) in [5.41, 5.74) is 6.40. The molecule has 2 rings (SSSR count). The Morgan fingerprint density at radius 2 is 2.11 bits per heavy atom. The largest absolute Gasteiger partial charge is 0.483 e. The van der Waals surface area contributed by atoms with Crippen LogP contribution >= 0.6 is 11.6 Å². The maximum atomic E-state index is 6.03. The average molecular weight is 268 g/mol. The molecule has 0 radical (unpaired) electrons. The number of aryl methyl sites for hydroxylation is 1. The molecule has 0 aliphatic carbocycles. The summed E-state index contributed by atoms with van der Waals surface area (Å²) in [5.74, 6) is 1.68. The lowest BCUT2D eigenvalue weighted by atomic mass is 10.2. The topological polar surface area (TPSA) is 74.2 Å². The second kappa shape index (κ2) is 5.84. The molecule has 0 amide bonds. The van der Waals surface area contributed by atoms with Gasteiger partial charge in [0.25, 0.3) is 5.89 Å². The van der Waals surface area contributed by atoms with E-state index < -0.39 is 0 Å². The van der Waals surface area contributed by atoms with Gasteiger partial charge in [-0.2, -0.15) is 0 Å². The first kappa shape index (κ1) is 12.9. The monoisotopic (exact) mass is 267 g/mol. The molecule has 5 nitrogen and oxygen atoms in total. The molecule has 0 unspecified atom stereocenters. The molecule has 18 heavy (non-hydrogen) atoms. The molecule has 0 saturated heterocycles. The van der Waals surface area contributed by atoms with Gasteiger partial charge in [-0.25, -0.2) is 0 Å². The van der Waals surface area contributed by atoms with Crippen LogP contribution < -0.4 is 10.5 Å². The fourth-order valence-electron chi connectivity index (χ4n) is 1.50. The molecule has 2 N–H and O–H groups in total. The Kier molecular flexibility index (Phi) is 4.17. The van der Waals surface area contributed by atoms with Gasteiger partial charge in [-0.05, 0) is 12.1 Å². The van der Waals surface area contributed by atoms with Crippen molar-refractivity contribution >= 4 is 11.6 Å². The van der Waals surface area contributed by atoms with E-state index in [1.165, 1.54) is 0 Å². The highest BCUT2D eigenvalue weighted by atomic mass is 35.5. The molecule has 0 atom stereocenters. The number of hydrogen-bond donors (Lipinski definition) is 1. The van der Waals surface area contributed by atoms with Crippen molar-refractivity contribution < 1.29 is 9.15 Å². The Labute approximate surface area is 110 Å². The van der Waals surface area contributed by atoms with E-state index in [2.05, 4.69) is 10.2 Å². The van der Waals surface area contributed by atoms with Gasteiger partial charge in [0.1, 0.15) is 5.75 Å². The lowest BCUT2D eigenvalue weighted by Crippen LogP contribution is -2.03. The van der Waals surface area contributed by atoms with Gasteiger partial charge >= 0.3 is 0 Å². The van der Waals surface area contributed by atoms with Crippen molar-refractivity contribution in [3.8, 4) is 5.75 Å². The van der Waals surface area contributed by atoms with Crippen molar-refractivity contribution in [1.29, 1.82) is 0 Å². The summed E-state index contributed by atoms with van der Waals surface area (Å²) in [6.07, 6.45) is 0.707. The zero-order valence-corrected chi connectivity index (χ0v) is 10.8. The van der Waals surface area contributed by atoms with E-state index in [1.807, 2.05) is 19.1 Å². The Balaban J connectivity index is 2.08. The maximum Gasteiger partial charge on any atom is 0.253 e. The molecule has 6 heteroatoms. The number of hydrogen-bond acceptors (Lipinski definition) is 5. The molecule has 2 aromatic rings. The van der Waals surface area contributed by atoms with Gasteiger partial charge < -0.3 is 14.9 Å². The normalized spacial score (nSPS) is 10.6. The van der Waals surface area contributed by atoms with Crippen molar-refractivity contribution in [2.45, 2.75) is 26.5 Å². The lowest BCUT2D eigenvalue weighted by molar-refractivity contribution is 0.257. The SMILES string of the molecule is CCc1nnc(COc2cccc(Cl)c2CN)o1. The highest BCUT2D eigenvalue weighted by molar-refractivity contribution is 6.31. The van der Waals surface area contributed by atoms with E-state index >= 15 is 0 Å². The van der Waals surface area contributed by atoms with Crippen LogP contribution in [0.2, 0.25) is 5.02 Å². The molecule has 0 fully saturated rings. The van der Waals surface area contributed by atoms with Gasteiger partial charge in [-0.3, -0.25) is 0 Å². The number of nitrogens with zero attached hydrogens (tertiary/aromatic N) is 2. The molecular weight excluding hydrogens is 254 g/mol. The molecular formula is C12H14ClN3O2. The molecule has 1 aromatic carbocycles. The molecule has 0 bridgehead atoms. The van der Waals surface area contributed by atoms with Gasteiger partial charge in [0.2, 0.25) is 5.89 Å². The Bertz CT molecular complexity index is 528. The third kappa shape index (κ3) is 2.80. The molecule has 96 valence electrons. The second-order valence-corrected chi connectivity index (χ2v) is 4.06. The zero-order chi connectivity index (χ0) is 13.0. The lowest BCUT2D eigenvalue weighted by Gasteiger charge is -2.09. The van der Waals surface area contributed by atoms with Crippen LogP contribution in [0, 0.1) is 0 Å². The molecule has 0 aliphatic rings. The highest BCUT2D eigenvalue weighted by Gasteiger charge is 2.09. The number of aromatic nitrogens is 2. The maximum absolute atomic E-state index is 6.03. The number of halogens is 1. The molecule has 1 aromatic heterocycles. The van der Waals surface area contributed by atoms with Crippen LogP contribution in [0.25, 0.3) is 0 Å². The van der Waals surface area contributed by atoms with Crippen molar-refractivity contribution in [3.63, 3.8) is 0 Å². The quantitative estimate of drug-likeness (QED) is 0.900. The number of benzene rings is 1. The summed E-state index contributed by atoms with van der Waals surface area (Å²) in [5, 5.41) is 8.33. The minimum Gasteiger partial charge on any atom is -0.483 e. The first-order chi connectivity index (χ1) is 8.74. The van der Waals surface area contributed by atoms with Crippen molar-refractivity contribution in [2.75, 3.05) is 0 Å². The van der Waals surface area contributed by atoms with Gasteiger partial charge in [-0.15, -0.1) is 10.2 Å². The van der Waals surface area contributed by atoms with Gasteiger partial charge in [0, 0.05) is 23.6 Å². The molecule has 1 heterocycles. The minimum absolute atomic E-state index is 0.209. The van der Waals surface area contributed by atoms with Crippen LogP contribution in [0.1, 0.15) is 24.3 Å². The summed E-state index contributed by atoms with van der Waals surface area (Å²) >= 11 is 6.03. The van der Waals surface area contributed by atoms with Crippen LogP contribution in [0.5, 0.6) is 5.75 Å². The van der Waals surface area contributed by atoms with Crippen molar-refractivity contribution in [3.05, 3.63) is 40.6 Å². The summed E-state index contributed by atoms with van der Waals surface area (Å²) in [6, 6.07) is 5.39. The molecule has 0 saturated carbocycles. The van der Waals surface area contributed by atoms with E-state index in [4.69, 9.17) is 26.5 Å². The molecule has 0 spiro atoms. The van der Waals surface area contributed by atoms with Gasteiger partial charge in [0.05, 0.1) is 0 Å². The number of ether oxygens (including phenoxy) is 1. The summed E-state index contributed by atoms with van der Waals surface area (Å²) in [7, 11) is 0. The number of rotatable bonds is 5. The summed E-state index contributed by atoms with van der Waals surface area (Å²) < 4.78 is 10.9. The molecule has 0 aliphatic heterocycles. The second-order valence-electron chi connectivity index (χ2n) is 3.65. The van der Waals surface area contributed by atoms with Crippen LogP contribution in [-0.4, -0.2) is 10.2 Å². The summed E-state index contributed by atoms with van der Waals surface area (Å²) in [4.78, 5) is 0. The fraction of sp³-hybridized carbons (Fsp3) is 0.333. The van der Waals surface area contributed by atoms with E-state index in [0.29, 0.717) is 35.5 Å². The first-order valence-corrected chi connectivity index (χ1v) is 6.04. The van der Waals surface area contributed by atoms with Crippen LogP contribution in [0.3, 0.4) is 0 Å². The van der Waals surface area contributed by atoms with Crippen LogP contribution in [0.15, 0.2) is 22.6 Å². The van der Waals surface area contributed by atoms with Crippen LogP contribution in [-0.2, 0) is 19.6 Å². The van der Waals surface area contributed by atoms with Crippen LogP contribution in [0.4, 0.5) is 0 Å². The first-order valence-electron chi connectivity index (χ1n) is 5.66. The highest BCUT2D eigenvalue weighted by Crippen LogP contribution is 2.26. The van der Waals surface area contributed by atoms with E-state index in [9.17, 15) is 0 Å². The van der Waals surface area contributed by atoms with E-state index in [1.54, 1.807) is 6.07 Å². The van der Waals surface area contributed by atoms with E-state index in [-0.39, 0.29) is 6.61 Å². The van der Waals surface area contributed by atoms with Crippen molar-refractivity contribution in [2.24, 2.45) is 5.73 Å². The van der Waals surface area contributed by atoms with Gasteiger partial charge in [-0.1, -0.05) is 24.6 Å². The standard InChI is InChI=1S/C12H14ClN3O2/c1-2-11-15-16-12(18-11)7-17-10-5-3-4-9(13)8(10)6-14/h3-5H,2,6-7,14H2,1H3. The van der Waals surface area contributed by atoms with Gasteiger partial charge in [0.15, 0.2) is 6.61 Å². The smallest absolute Gasteiger partial charge is 0.253 e. The number of nitrogens with two attached hydrogens (primary N) is 1. The third-order valence-corrected chi connectivity index (χ3v) is 2.80. The van der Waals surface area contributed by atoms with Crippen molar-refractivity contribution in [1.82, 2.24) is 10.2 Å². The predicted octanol–water partition coefficient (Wildman–Crippen LogP) is 2.32.